The molecule has 1 heterocycles. The average molecular weight is 303 g/mol. The first kappa shape index (κ1) is 14.0. The second-order valence-corrected chi connectivity index (χ2v) is 6.23. The molecule has 1 aromatic carbocycles. The molecule has 2 rings (SSSR count). The SMILES string of the molecule is O=C1CC[C@H](NS(=O)(=O)c2ccc(Cl)cc2)C(=O)N1. The molecule has 1 aromatic rings. The van der Waals surface area contributed by atoms with Gasteiger partial charge in [-0.3, -0.25) is 14.9 Å². The number of sulfonamides is 1. The highest BCUT2D eigenvalue weighted by molar-refractivity contribution is 7.89. The van der Waals surface area contributed by atoms with E-state index in [0.29, 0.717) is 5.02 Å². The number of piperidine rings is 1. The maximum atomic E-state index is 12.0. The third-order valence-corrected chi connectivity index (χ3v) is 4.40. The predicted octanol–water partition coefficient (Wildman–Crippen LogP) is 0.424. The lowest BCUT2D eigenvalue weighted by Crippen LogP contribution is -2.52. The Labute approximate surface area is 115 Å². The predicted molar refractivity (Wildman–Crippen MR) is 67.9 cm³/mol. The van der Waals surface area contributed by atoms with Crippen LogP contribution in [0.3, 0.4) is 0 Å². The molecule has 2 N–H and O–H groups in total. The van der Waals surface area contributed by atoms with Crippen LogP contribution >= 0.6 is 11.6 Å². The minimum Gasteiger partial charge on any atom is -0.295 e. The molecule has 8 heteroatoms. The van der Waals surface area contributed by atoms with Crippen LogP contribution < -0.4 is 10.0 Å². The van der Waals surface area contributed by atoms with E-state index < -0.39 is 27.9 Å². The van der Waals surface area contributed by atoms with Crippen LogP contribution in [0.25, 0.3) is 0 Å². The molecule has 1 saturated heterocycles. The Morgan fingerprint density at radius 3 is 2.42 bits per heavy atom. The van der Waals surface area contributed by atoms with Gasteiger partial charge in [0.15, 0.2) is 0 Å². The molecule has 1 aliphatic heterocycles. The second-order valence-electron chi connectivity index (χ2n) is 4.08. The van der Waals surface area contributed by atoms with Gasteiger partial charge < -0.3 is 0 Å². The number of imide groups is 1. The zero-order valence-corrected chi connectivity index (χ0v) is 11.3. The molecule has 1 fully saturated rings. The van der Waals surface area contributed by atoms with Gasteiger partial charge in [0.25, 0.3) is 0 Å². The number of carbonyl (C=O) groups excluding carboxylic acids is 2. The van der Waals surface area contributed by atoms with Gasteiger partial charge in [0.2, 0.25) is 21.8 Å². The quantitative estimate of drug-likeness (QED) is 0.792. The minimum atomic E-state index is -3.81. The standard InChI is InChI=1S/C11H11ClN2O4S/c12-7-1-3-8(4-2-7)19(17,18)14-9-5-6-10(15)13-11(9)16/h1-4,9,14H,5-6H2,(H,13,15,16)/t9-/m0/s1. The molecule has 1 atom stereocenters. The highest BCUT2D eigenvalue weighted by atomic mass is 35.5. The van der Waals surface area contributed by atoms with Crippen LogP contribution in [0.2, 0.25) is 5.02 Å². The molecule has 102 valence electrons. The number of halogens is 1. The molecule has 0 spiro atoms. The molecule has 6 nitrogen and oxygen atoms in total. The van der Waals surface area contributed by atoms with E-state index in [1.165, 1.54) is 24.3 Å². The summed E-state index contributed by atoms with van der Waals surface area (Å²) in [6, 6.07) is 4.65. The molecule has 0 bridgehead atoms. The van der Waals surface area contributed by atoms with E-state index in [-0.39, 0.29) is 17.7 Å². The van der Waals surface area contributed by atoms with Gasteiger partial charge in [-0.25, -0.2) is 8.42 Å². The van der Waals surface area contributed by atoms with E-state index in [1.807, 2.05) is 0 Å². The fourth-order valence-corrected chi connectivity index (χ4v) is 3.03. The first-order valence-corrected chi connectivity index (χ1v) is 7.36. The van der Waals surface area contributed by atoms with Crippen molar-refractivity contribution in [3.8, 4) is 0 Å². The Bertz CT molecular complexity index is 612. The maximum absolute atomic E-state index is 12.0. The number of rotatable bonds is 3. The van der Waals surface area contributed by atoms with Crippen LogP contribution in [-0.4, -0.2) is 26.3 Å². The van der Waals surface area contributed by atoms with Gasteiger partial charge in [-0.15, -0.1) is 0 Å². The average Bonchev–Trinajstić information content (AvgIpc) is 2.33. The molecule has 19 heavy (non-hydrogen) atoms. The number of benzene rings is 1. The Morgan fingerprint density at radius 2 is 1.84 bits per heavy atom. The molecular weight excluding hydrogens is 292 g/mol. The molecule has 0 aromatic heterocycles. The Kier molecular flexibility index (Phi) is 3.88. The molecule has 0 unspecified atom stereocenters. The van der Waals surface area contributed by atoms with Crippen LogP contribution in [-0.2, 0) is 19.6 Å². The summed E-state index contributed by atoms with van der Waals surface area (Å²) >= 11 is 5.68. The fraction of sp³-hybridized carbons (Fsp3) is 0.273. The van der Waals surface area contributed by atoms with Crippen molar-refractivity contribution >= 4 is 33.4 Å². The lowest BCUT2D eigenvalue weighted by Gasteiger charge is -2.21. The Balaban J connectivity index is 2.15. The van der Waals surface area contributed by atoms with Crippen molar-refractivity contribution in [1.29, 1.82) is 0 Å². The number of hydrogen-bond acceptors (Lipinski definition) is 4. The Hall–Kier alpha value is -1.44. The third-order valence-electron chi connectivity index (χ3n) is 2.66. The highest BCUT2D eigenvalue weighted by Crippen LogP contribution is 2.15. The maximum Gasteiger partial charge on any atom is 0.244 e. The number of amides is 2. The third kappa shape index (κ3) is 3.31. The summed E-state index contributed by atoms with van der Waals surface area (Å²) in [4.78, 5) is 22.5. The van der Waals surface area contributed by atoms with Crippen LogP contribution in [0.4, 0.5) is 0 Å². The smallest absolute Gasteiger partial charge is 0.244 e. The summed E-state index contributed by atoms with van der Waals surface area (Å²) in [6.07, 6.45) is 0.261. The number of hydrogen-bond donors (Lipinski definition) is 2. The lowest BCUT2D eigenvalue weighted by atomic mass is 10.1. The van der Waals surface area contributed by atoms with E-state index in [9.17, 15) is 18.0 Å². The van der Waals surface area contributed by atoms with E-state index in [1.54, 1.807) is 0 Å². The molecular formula is C11H11ClN2O4S. The molecule has 0 aliphatic carbocycles. The van der Waals surface area contributed by atoms with E-state index in [4.69, 9.17) is 11.6 Å². The van der Waals surface area contributed by atoms with Crippen molar-refractivity contribution in [3.63, 3.8) is 0 Å². The largest absolute Gasteiger partial charge is 0.295 e. The van der Waals surface area contributed by atoms with Gasteiger partial charge in [0.05, 0.1) is 4.90 Å². The highest BCUT2D eigenvalue weighted by Gasteiger charge is 2.30. The summed E-state index contributed by atoms with van der Waals surface area (Å²) in [5, 5.41) is 2.50. The van der Waals surface area contributed by atoms with Crippen molar-refractivity contribution < 1.29 is 18.0 Å². The van der Waals surface area contributed by atoms with Crippen LogP contribution in [0.15, 0.2) is 29.2 Å². The van der Waals surface area contributed by atoms with Gasteiger partial charge in [0, 0.05) is 11.4 Å². The van der Waals surface area contributed by atoms with Gasteiger partial charge in [0.1, 0.15) is 6.04 Å². The zero-order chi connectivity index (χ0) is 14.0. The molecule has 2 amide bonds. The van der Waals surface area contributed by atoms with Crippen LogP contribution in [0, 0.1) is 0 Å². The molecule has 0 saturated carbocycles. The lowest BCUT2D eigenvalue weighted by molar-refractivity contribution is -0.134. The van der Waals surface area contributed by atoms with Crippen LogP contribution in [0.1, 0.15) is 12.8 Å². The van der Waals surface area contributed by atoms with Crippen molar-refractivity contribution in [1.82, 2.24) is 10.0 Å². The van der Waals surface area contributed by atoms with Crippen LogP contribution in [0.5, 0.6) is 0 Å². The summed E-state index contributed by atoms with van der Waals surface area (Å²) in [6.45, 7) is 0. The summed E-state index contributed by atoms with van der Waals surface area (Å²) in [5.41, 5.74) is 0. The van der Waals surface area contributed by atoms with E-state index >= 15 is 0 Å². The van der Waals surface area contributed by atoms with Crippen molar-refractivity contribution in [2.24, 2.45) is 0 Å². The van der Waals surface area contributed by atoms with Gasteiger partial charge in [-0.05, 0) is 30.7 Å². The second kappa shape index (κ2) is 5.28. The van der Waals surface area contributed by atoms with Gasteiger partial charge in [-0.2, -0.15) is 4.72 Å². The summed E-state index contributed by atoms with van der Waals surface area (Å²) in [5.74, 6) is -1.03. The first-order valence-electron chi connectivity index (χ1n) is 5.50. The van der Waals surface area contributed by atoms with Gasteiger partial charge >= 0.3 is 0 Å². The minimum absolute atomic E-state index is 0.0154. The normalized spacial score (nSPS) is 20.2. The van der Waals surface area contributed by atoms with Crippen molar-refractivity contribution in [2.45, 2.75) is 23.8 Å². The molecule has 1 aliphatic rings. The number of nitrogens with one attached hydrogen (secondary N) is 2. The monoisotopic (exact) mass is 302 g/mol. The van der Waals surface area contributed by atoms with Crippen molar-refractivity contribution in [2.75, 3.05) is 0 Å². The topological polar surface area (TPSA) is 92.3 Å². The zero-order valence-electron chi connectivity index (χ0n) is 9.72. The fourth-order valence-electron chi connectivity index (χ4n) is 1.68. The summed E-state index contributed by atoms with van der Waals surface area (Å²) in [7, 11) is -3.81. The first-order chi connectivity index (χ1) is 8.88. The van der Waals surface area contributed by atoms with E-state index in [0.717, 1.165) is 0 Å². The van der Waals surface area contributed by atoms with E-state index in [2.05, 4.69) is 10.0 Å². The van der Waals surface area contributed by atoms with Gasteiger partial charge in [-0.1, -0.05) is 11.6 Å². The summed E-state index contributed by atoms with van der Waals surface area (Å²) < 4.78 is 26.3. The Morgan fingerprint density at radius 1 is 1.21 bits per heavy atom. The molecule has 0 radical (unpaired) electrons. The van der Waals surface area contributed by atoms with Crippen molar-refractivity contribution in [3.05, 3.63) is 29.3 Å². The number of carbonyl (C=O) groups is 2.